The Balaban J connectivity index is 0.000000195. The molecular weight excluding hydrogens is 536 g/mol. The molecule has 2 amide bonds. The number of hydrogen-bond donors (Lipinski definition) is 3. The minimum atomic E-state index is -1.01. The molecule has 2 fully saturated rings. The Kier molecular flexibility index (Phi) is 10.2. The molecule has 0 unspecified atom stereocenters. The summed E-state index contributed by atoms with van der Waals surface area (Å²) in [5, 5.41) is 11.8. The molecule has 2 saturated heterocycles. The molecule has 4 N–H and O–H groups in total. The number of carbonyl (C=O) groups is 3. The lowest BCUT2D eigenvalue weighted by molar-refractivity contribution is -0.161. The number of thioether (sulfide) groups is 1. The summed E-state index contributed by atoms with van der Waals surface area (Å²) in [6.07, 6.45) is 0.202. The molecule has 0 radical (unpaired) electrons. The highest BCUT2D eigenvalue weighted by molar-refractivity contribution is 8.01. The zero-order valence-corrected chi connectivity index (χ0v) is 24.3. The fraction of sp³-hybridized carbons (Fsp3) is 0.344. The highest BCUT2D eigenvalue weighted by atomic mass is 32.2. The highest BCUT2D eigenvalue weighted by Gasteiger charge is 2.64. The fourth-order valence-corrected chi connectivity index (χ4v) is 6.86. The lowest BCUT2D eigenvalue weighted by Gasteiger charge is -2.43. The van der Waals surface area contributed by atoms with E-state index in [4.69, 9.17) is 5.73 Å². The number of hydrogen-bond acceptors (Lipinski definition) is 6. The van der Waals surface area contributed by atoms with Crippen LogP contribution < -0.4 is 11.1 Å². The summed E-state index contributed by atoms with van der Waals surface area (Å²) in [5.74, 6) is -1.55. The largest absolute Gasteiger partial charge is 0.480 e. The Morgan fingerprint density at radius 3 is 1.85 bits per heavy atom. The Bertz CT molecular complexity index is 1270. The van der Waals surface area contributed by atoms with Gasteiger partial charge in [0.25, 0.3) is 0 Å². The fourth-order valence-electron chi connectivity index (χ4n) is 5.23. The molecule has 9 heteroatoms. The van der Waals surface area contributed by atoms with E-state index in [2.05, 4.69) is 58.7 Å². The van der Waals surface area contributed by atoms with E-state index in [0.29, 0.717) is 6.54 Å². The summed E-state index contributed by atoms with van der Waals surface area (Å²) in [5.41, 5.74) is 9.24. The topological polar surface area (TPSA) is 116 Å². The van der Waals surface area contributed by atoms with Crippen LogP contribution in [-0.2, 0) is 33.9 Å². The Morgan fingerprint density at radius 1 is 0.902 bits per heavy atom. The second kappa shape index (κ2) is 13.8. The average molecular weight is 575 g/mol. The normalized spacial score (nSPS) is 20.4. The molecule has 41 heavy (non-hydrogen) atoms. The van der Waals surface area contributed by atoms with Crippen molar-refractivity contribution in [3.63, 3.8) is 0 Å². The zero-order chi connectivity index (χ0) is 29.4. The molecule has 2 aliphatic rings. The third-order valence-corrected chi connectivity index (χ3v) is 8.71. The van der Waals surface area contributed by atoms with Crippen LogP contribution in [0.2, 0.25) is 0 Å². The van der Waals surface area contributed by atoms with Crippen molar-refractivity contribution in [1.82, 2.24) is 15.1 Å². The maximum absolute atomic E-state index is 12.3. The molecule has 0 bridgehead atoms. The number of carbonyl (C=O) groups excluding carboxylic acids is 2. The van der Waals surface area contributed by atoms with Gasteiger partial charge < -0.3 is 21.1 Å². The third kappa shape index (κ3) is 7.75. The number of nitrogens with zero attached hydrogens (tertiary/aromatic N) is 2. The second-order valence-corrected chi connectivity index (χ2v) is 12.5. The van der Waals surface area contributed by atoms with Crippen LogP contribution in [0.4, 0.5) is 0 Å². The Hall–Kier alpha value is -3.66. The van der Waals surface area contributed by atoms with Gasteiger partial charge in [-0.1, -0.05) is 91.0 Å². The molecule has 5 rings (SSSR count). The number of fused-ring (bicyclic) bond motifs is 1. The molecule has 0 aromatic heterocycles. The molecule has 3 aromatic carbocycles. The maximum Gasteiger partial charge on any atom is 0.327 e. The quantitative estimate of drug-likeness (QED) is 0.318. The number of carboxylic acid groups (broad SMARTS) is 1. The van der Waals surface area contributed by atoms with Gasteiger partial charge in [0.1, 0.15) is 17.5 Å². The van der Waals surface area contributed by atoms with Gasteiger partial charge in [-0.2, -0.15) is 0 Å². The molecule has 216 valence electrons. The lowest BCUT2D eigenvalue weighted by Crippen LogP contribution is -2.70. The van der Waals surface area contributed by atoms with Crippen molar-refractivity contribution in [3.8, 4) is 0 Å². The van der Waals surface area contributed by atoms with Crippen LogP contribution >= 0.6 is 11.8 Å². The van der Waals surface area contributed by atoms with E-state index in [9.17, 15) is 19.5 Å². The summed E-state index contributed by atoms with van der Waals surface area (Å²) < 4.78 is -0.578. The van der Waals surface area contributed by atoms with Gasteiger partial charge in [-0.25, -0.2) is 4.79 Å². The molecule has 3 aromatic rings. The first-order chi connectivity index (χ1) is 19.7. The van der Waals surface area contributed by atoms with Crippen molar-refractivity contribution in [3.05, 3.63) is 108 Å². The van der Waals surface area contributed by atoms with Crippen LogP contribution in [0.15, 0.2) is 91.0 Å². The van der Waals surface area contributed by atoms with Gasteiger partial charge in [0, 0.05) is 30.9 Å². The van der Waals surface area contributed by atoms with Crippen molar-refractivity contribution < 1.29 is 19.5 Å². The van der Waals surface area contributed by atoms with Crippen molar-refractivity contribution in [1.29, 1.82) is 0 Å². The molecule has 8 nitrogen and oxygen atoms in total. The molecule has 2 aliphatic heterocycles. The standard InChI is InChI=1S/C16H18N2O4S.C16H20N2/c1-16(2)12(15(21)22)18-13(20)11(14(18)23-16)17-10(19)8-9-6-4-3-5-7-9;17-11-12-18(13-15-7-3-1-4-8-15)14-16-9-5-2-6-10-16/h3-7,11-12,14H,8H2,1-2H3,(H,17,19)(H,21,22);1-10H,11-14,17H2/t11-,12+,14-;/m1./s1. The number of amides is 2. The zero-order valence-electron chi connectivity index (χ0n) is 23.5. The number of benzene rings is 3. The predicted octanol–water partition coefficient (Wildman–Crippen LogP) is 3.51. The van der Waals surface area contributed by atoms with Crippen molar-refractivity contribution in [2.75, 3.05) is 13.1 Å². The van der Waals surface area contributed by atoms with Gasteiger partial charge in [-0.15, -0.1) is 11.8 Å². The van der Waals surface area contributed by atoms with E-state index < -0.39 is 22.8 Å². The van der Waals surface area contributed by atoms with Gasteiger partial charge in [0.2, 0.25) is 11.8 Å². The van der Waals surface area contributed by atoms with Crippen LogP contribution in [0.1, 0.15) is 30.5 Å². The summed E-state index contributed by atoms with van der Waals surface area (Å²) in [4.78, 5) is 39.6. The van der Waals surface area contributed by atoms with Gasteiger partial charge in [-0.3, -0.25) is 14.5 Å². The monoisotopic (exact) mass is 574 g/mol. The second-order valence-electron chi connectivity index (χ2n) is 10.8. The number of β-lactam (4-membered cyclic amide) rings is 1. The molecule has 0 spiro atoms. The van der Waals surface area contributed by atoms with Crippen LogP contribution in [0, 0.1) is 0 Å². The summed E-state index contributed by atoms with van der Waals surface area (Å²) in [6.45, 7) is 7.14. The van der Waals surface area contributed by atoms with Crippen LogP contribution in [0.25, 0.3) is 0 Å². The van der Waals surface area contributed by atoms with Crippen molar-refractivity contribution in [2.24, 2.45) is 5.73 Å². The number of nitrogens with two attached hydrogens (primary N) is 1. The third-order valence-electron chi connectivity index (χ3n) is 7.14. The smallest absolute Gasteiger partial charge is 0.327 e. The molecule has 0 aliphatic carbocycles. The molecule has 3 atom stereocenters. The Labute approximate surface area is 245 Å². The first kappa shape index (κ1) is 30.3. The van der Waals surface area contributed by atoms with E-state index in [1.807, 2.05) is 56.3 Å². The summed E-state index contributed by atoms with van der Waals surface area (Å²) >= 11 is 1.42. The minimum Gasteiger partial charge on any atom is -0.480 e. The van der Waals surface area contributed by atoms with Gasteiger partial charge in [0.15, 0.2) is 0 Å². The first-order valence-corrected chi connectivity index (χ1v) is 14.6. The van der Waals surface area contributed by atoms with Crippen LogP contribution in [0.5, 0.6) is 0 Å². The van der Waals surface area contributed by atoms with Gasteiger partial charge in [-0.05, 0) is 30.5 Å². The molecular formula is C32H38N4O4S. The number of nitrogens with one attached hydrogen (secondary N) is 1. The van der Waals surface area contributed by atoms with E-state index >= 15 is 0 Å². The predicted molar refractivity (Wildman–Crippen MR) is 162 cm³/mol. The number of rotatable bonds is 10. The van der Waals surface area contributed by atoms with Crippen LogP contribution in [0.3, 0.4) is 0 Å². The summed E-state index contributed by atoms with van der Waals surface area (Å²) in [7, 11) is 0. The SMILES string of the molecule is CC1(C)S[C@@H]2[C@H](NC(=O)Cc3ccccc3)C(=O)N2[C@H]1C(=O)O.NCCN(Cc1ccccc1)Cc1ccccc1. The summed E-state index contributed by atoms with van der Waals surface area (Å²) in [6, 6.07) is 28.9. The van der Waals surface area contributed by atoms with Crippen LogP contribution in [-0.4, -0.2) is 68.0 Å². The van der Waals surface area contributed by atoms with E-state index in [1.165, 1.54) is 27.8 Å². The lowest BCUT2D eigenvalue weighted by atomic mass is 9.96. The van der Waals surface area contributed by atoms with E-state index in [1.54, 1.807) is 0 Å². The average Bonchev–Trinajstić information content (AvgIpc) is 3.22. The first-order valence-electron chi connectivity index (χ1n) is 13.8. The Morgan fingerprint density at radius 2 is 1.39 bits per heavy atom. The van der Waals surface area contributed by atoms with Crippen molar-refractivity contribution in [2.45, 2.75) is 55.6 Å². The maximum atomic E-state index is 12.3. The number of carboxylic acids is 1. The van der Waals surface area contributed by atoms with Gasteiger partial charge in [0.05, 0.1) is 6.42 Å². The van der Waals surface area contributed by atoms with Crippen molar-refractivity contribution >= 4 is 29.5 Å². The molecule has 2 heterocycles. The van der Waals surface area contributed by atoms with E-state index in [0.717, 1.165) is 25.2 Å². The molecule has 0 saturated carbocycles. The van der Waals surface area contributed by atoms with Gasteiger partial charge >= 0.3 is 5.97 Å². The van der Waals surface area contributed by atoms with E-state index in [-0.39, 0.29) is 23.6 Å². The minimum absolute atomic E-state index is 0.202. The highest BCUT2D eigenvalue weighted by Crippen LogP contribution is 2.50. The number of aliphatic carboxylic acids is 1.